The lowest BCUT2D eigenvalue weighted by molar-refractivity contribution is -0.116. The second-order valence-electron chi connectivity index (χ2n) is 6.00. The molecule has 132 valence electrons. The zero-order valence-corrected chi connectivity index (χ0v) is 14.7. The molecule has 0 aliphatic rings. The van der Waals surface area contributed by atoms with Crippen molar-refractivity contribution in [2.24, 2.45) is 0 Å². The topological polar surface area (TPSA) is 85.1 Å². The molecule has 0 unspecified atom stereocenters. The van der Waals surface area contributed by atoms with Crippen LogP contribution in [-0.2, 0) is 11.2 Å². The van der Waals surface area contributed by atoms with E-state index in [0.29, 0.717) is 29.5 Å². The number of hydrogen-bond acceptors (Lipinski definition) is 5. The van der Waals surface area contributed by atoms with Crippen LogP contribution in [-0.4, -0.2) is 21.9 Å². The van der Waals surface area contributed by atoms with E-state index < -0.39 is 0 Å². The first kappa shape index (κ1) is 17.5. The van der Waals surface area contributed by atoms with Gasteiger partial charge in [-0.2, -0.15) is 0 Å². The zero-order valence-electron chi connectivity index (χ0n) is 14.7. The summed E-state index contributed by atoms with van der Waals surface area (Å²) in [5.74, 6) is 0.639. The quantitative estimate of drug-likeness (QED) is 0.684. The summed E-state index contributed by atoms with van der Waals surface area (Å²) in [6.07, 6.45) is 0.552. The summed E-state index contributed by atoms with van der Waals surface area (Å²) in [4.78, 5) is 23.5. The zero-order chi connectivity index (χ0) is 18.5. The molecule has 0 bridgehead atoms. The summed E-state index contributed by atoms with van der Waals surface area (Å²) in [6.45, 7) is 3.46. The fraction of sp³-hybridized carbons (Fsp3) is 0.200. The van der Waals surface area contributed by atoms with Gasteiger partial charge in [0.05, 0.1) is 0 Å². The fourth-order valence-electron chi connectivity index (χ4n) is 2.54. The van der Waals surface area contributed by atoms with E-state index in [9.17, 15) is 9.59 Å². The van der Waals surface area contributed by atoms with E-state index >= 15 is 0 Å². The first-order valence-corrected chi connectivity index (χ1v) is 8.32. The van der Waals surface area contributed by atoms with Crippen LogP contribution in [0.5, 0.6) is 0 Å². The molecule has 0 saturated carbocycles. The Hall–Kier alpha value is -3.28. The molecule has 3 rings (SSSR count). The molecule has 0 saturated heterocycles. The summed E-state index contributed by atoms with van der Waals surface area (Å²) in [5, 5.41) is 10.8. The molecule has 6 heteroatoms. The summed E-state index contributed by atoms with van der Waals surface area (Å²) in [6, 6.07) is 14.6. The van der Waals surface area contributed by atoms with Crippen molar-refractivity contribution in [1.82, 2.24) is 10.2 Å². The third-order valence-electron chi connectivity index (χ3n) is 3.96. The van der Waals surface area contributed by atoms with Crippen LogP contribution in [0.4, 0.5) is 5.69 Å². The number of aryl methyl sites for hydroxylation is 2. The molecular formula is C20H19N3O3. The van der Waals surface area contributed by atoms with Gasteiger partial charge in [-0.15, -0.1) is 10.2 Å². The molecule has 3 aromatic rings. The van der Waals surface area contributed by atoms with Gasteiger partial charge in [0.2, 0.25) is 17.7 Å². The SMILES string of the molecule is CC(=O)c1cccc(NC(=O)CCc2nnc(-c3ccccc3C)o2)c1. The Labute approximate surface area is 151 Å². The lowest BCUT2D eigenvalue weighted by atomic mass is 10.1. The van der Waals surface area contributed by atoms with Crippen LogP contribution in [0.2, 0.25) is 0 Å². The molecule has 6 nitrogen and oxygen atoms in total. The highest BCUT2D eigenvalue weighted by atomic mass is 16.4. The predicted molar refractivity (Wildman–Crippen MR) is 97.9 cm³/mol. The van der Waals surface area contributed by atoms with Crippen molar-refractivity contribution in [2.45, 2.75) is 26.7 Å². The van der Waals surface area contributed by atoms with Crippen molar-refractivity contribution < 1.29 is 14.0 Å². The second kappa shape index (κ2) is 7.74. The number of anilines is 1. The second-order valence-corrected chi connectivity index (χ2v) is 6.00. The van der Waals surface area contributed by atoms with Crippen LogP contribution < -0.4 is 5.32 Å². The smallest absolute Gasteiger partial charge is 0.247 e. The van der Waals surface area contributed by atoms with Gasteiger partial charge >= 0.3 is 0 Å². The average molecular weight is 349 g/mol. The Balaban J connectivity index is 1.59. The van der Waals surface area contributed by atoms with Crippen molar-refractivity contribution in [2.75, 3.05) is 5.32 Å². The van der Waals surface area contributed by atoms with Crippen LogP contribution in [0.15, 0.2) is 52.9 Å². The molecule has 2 aromatic carbocycles. The number of nitrogens with zero attached hydrogens (tertiary/aromatic N) is 2. The van der Waals surface area contributed by atoms with Gasteiger partial charge in [-0.25, -0.2) is 0 Å². The maximum atomic E-state index is 12.1. The minimum atomic E-state index is -0.179. The van der Waals surface area contributed by atoms with Crippen LogP contribution in [0.25, 0.3) is 11.5 Å². The van der Waals surface area contributed by atoms with Gasteiger partial charge < -0.3 is 9.73 Å². The molecule has 26 heavy (non-hydrogen) atoms. The van der Waals surface area contributed by atoms with E-state index in [2.05, 4.69) is 15.5 Å². The van der Waals surface area contributed by atoms with Crippen molar-refractivity contribution in [3.05, 3.63) is 65.5 Å². The Kier molecular flexibility index (Phi) is 5.22. The van der Waals surface area contributed by atoms with E-state index in [1.54, 1.807) is 24.3 Å². The van der Waals surface area contributed by atoms with E-state index in [0.717, 1.165) is 11.1 Å². The summed E-state index contributed by atoms with van der Waals surface area (Å²) >= 11 is 0. The maximum Gasteiger partial charge on any atom is 0.247 e. The number of nitrogens with one attached hydrogen (secondary N) is 1. The van der Waals surface area contributed by atoms with Crippen molar-refractivity contribution in [3.8, 4) is 11.5 Å². The highest BCUT2D eigenvalue weighted by Crippen LogP contribution is 2.22. The fourth-order valence-corrected chi connectivity index (χ4v) is 2.54. The lowest BCUT2D eigenvalue weighted by Crippen LogP contribution is -2.12. The Morgan fingerprint density at radius 2 is 1.88 bits per heavy atom. The first-order valence-electron chi connectivity index (χ1n) is 8.32. The Morgan fingerprint density at radius 1 is 1.08 bits per heavy atom. The molecule has 1 amide bonds. The number of benzene rings is 2. The number of rotatable bonds is 6. The van der Waals surface area contributed by atoms with E-state index in [1.807, 2.05) is 31.2 Å². The number of hydrogen-bond donors (Lipinski definition) is 1. The number of carbonyl (C=O) groups excluding carboxylic acids is 2. The molecular weight excluding hydrogens is 330 g/mol. The minimum absolute atomic E-state index is 0.0457. The van der Waals surface area contributed by atoms with Crippen LogP contribution in [0.3, 0.4) is 0 Å². The van der Waals surface area contributed by atoms with Crippen molar-refractivity contribution in [1.29, 1.82) is 0 Å². The van der Waals surface area contributed by atoms with E-state index in [1.165, 1.54) is 6.92 Å². The molecule has 1 heterocycles. The van der Waals surface area contributed by atoms with Gasteiger partial charge in [0, 0.05) is 29.7 Å². The molecule has 0 spiro atoms. The van der Waals surface area contributed by atoms with E-state index in [-0.39, 0.29) is 18.1 Å². The highest BCUT2D eigenvalue weighted by molar-refractivity contribution is 5.97. The number of carbonyl (C=O) groups is 2. The molecule has 1 aromatic heterocycles. The lowest BCUT2D eigenvalue weighted by Gasteiger charge is -2.05. The van der Waals surface area contributed by atoms with Crippen LogP contribution >= 0.6 is 0 Å². The third-order valence-corrected chi connectivity index (χ3v) is 3.96. The van der Waals surface area contributed by atoms with Crippen molar-refractivity contribution in [3.63, 3.8) is 0 Å². The van der Waals surface area contributed by atoms with Gasteiger partial charge in [-0.1, -0.05) is 30.3 Å². The van der Waals surface area contributed by atoms with E-state index in [4.69, 9.17) is 4.42 Å². The number of ketones is 1. The Bertz CT molecular complexity index is 947. The van der Waals surface area contributed by atoms with Crippen LogP contribution in [0, 0.1) is 6.92 Å². The molecule has 0 radical (unpaired) electrons. The maximum absolute atomic E-state index is 12.1. The van der Waals surface area contributed by atoms with Gasteiger partial charge in [0.25, 0.3) is 0 Å². The third kappa shape index (κ3) is 4.22. The number of aromatic nitrogens is 2. The van der Waals surface area contributed by atoms with Gasteiger partial charge in [-0.3, -0.25) is 9.59 Å². The standard InChI is InChI=1S/C20H19N3O3/c1-13-6-3-4-9-17(13)20-23-22-19(26-20)11-10-18(25)21-16-8-5-7-15(12-16)14(2)24/h3-9,12H,10-11H2,1-2H3,(H,21,25). The first-order chi connectivity index (χ1) is 12.5. The van der Waals surface area contributed by atoms with Crippen molar-refractivity contribution >= 4 is 17.4 Å². The molecule has 0 atom stereocenters. The normalized spacial score (nSPS) is 10.5. The molecule has 0 aliphatic heterocycles. The minimum Gasteiger partial charge on any atom is -0.421 e. The predicted octanol–water partition coefficient (Wildman–Crippen LogP) is 3.82. The highest BCUT2D eigenvalue weighted by Gasteiger charge is 2.12. The monoisotopic (exact) mass is 349 g/mol. The average Bonchev–Trinajstić information content (AvgIpc) is 3.09. The van der Waals surface area contributed by atoms with Gasteiger partial charge in [0.1, 0.15) is 0 Å². The summed E-state index contributed by atoms with van der Waals surface area (Å²) in [7, 11) is 0. The van der Waals surface area contributed by atoms with Crippen LogP contribution in [0.1, 0.15) is 35.2 Å². The molecule has 0 fully saturated rings. The number of amides is 1. The van der Waals surface area contributed by atoms with Gasteiger partial charge in [-0.05, 0) is 37.6 Å². The molecule has 1 N–H and O–H groups in total. The summed E-state index contributed by atoms with van der Waals surface area (Å²) < 4.78 is 5.65. The number of Topliss-reactive ketones (excluding diaryl/α,β-unsaturated/α-hetero) is 1. The Morgan fingerprint density at radius 3 is 2.65 bits per heavy atom. The van der Waals surface area contributed by atoms with Gasteiger partial charge in [0.15, 0.2) is 5.78 Å². The largest absolute Gasteiger partial charge is 0.421 e. The molecule has 0 aliphatic carbocycles. The summed E-state index contributed by atoms with van der Waals surface area (Å²) in [5.41, 5.74) is 3.08.